The van der Waals surface area contributed by atoms with Gasteiger partial charge in [0.2, 0.25) is 5.91 Å². The molecule has 0 spiro atoms. The zero-order valence-corrected chi connectivity index (χ0v) is 11.8. The fourth-order valence-electron chi connectivity index (χ4n) is 1.84. The number of ether oxygens (including phenoxy) is 1. The largest absolute Gasteiger partial charge is 0.480 e. The summed E-state index contributed by atoms with van der Waals surface area (Å²) in [6.45, 7) is 1.77. The molecule has 1 aliphatic rings. The minimum absolute atomic E-state index is 0.121. The molecule has 0 bridgehead atoms. The van der Waals surface area contributed by atoms with Gasteiger partial charge < -0.3 is 20.5 Å². The summed E-state index contributed by atoms with van der Waals surface area (Å²) in [4.78, 5) is 46.2. The molecule has 1 unspecified atom stereocenters. The molecule has 9 heteroatoms. The lowest BCUT2D eigenvalue weighted by Crippen LogP contribution is -2.61. The summed E-state index contributed by atoms with van der Waals surface area (Å²) in [7, 11) is 0. The van der Waals surface area contributed by atoms with Gasteiger partial charge >= 0.3 is 18.0 Å². The van der Waals surface area contributed by atoms with Gasteiger partial charge in [0.25, 0.3) is 0 Å². The molecule has 1 heterocycles. The number of carbonyl (C=O) groups is 4. The van der Waals surface area contributed by atoms with E-state index in [2.05, 4.69) is 10.6 Å². The first-order valence-corrected chi connectivity index (χ1v) is 6.65. The summed E-state index contributed by atoms with van der Waals surface area (Å²) in [6.07, 6.45) is 0.541. The van der Waals surface area contributed by atoms with Gasteiger partial charge in [0.05, 0.1) is 6.61 Å². The van der Waals surface area contributed by atoms with Gasteiger partial charge in [-0.15, -0.1) is 0 Å². The lowest BCUT2D eigenvalue weighted by atomic mass is 10.2. The molecule has 9 nitrogen and oxygen atoms in total. The van der Waals surface area contributed by atoms with Crippen LogP contribution in [0.3, 0.4) is 0 Å². The average Bonchev–Trinajstić information content (AvgIpc) is 2.43. The topological polar surface area (TPSA) is 125 Å². The Balaban J connectivity index is 2.40. The Bertz CT molecular complexity index is 425. The quantitative estimate of drug-likeness (QED) is 0.423. The van der Waals surface area contributed by atoms with Crippen molar-refractivity contribution in [1.82, 2.24) is 15.5 Å². The van der Waals surface area contributed by atoms with E-state index in [-0.39, 0.29) is 32.0 Å². The number of carboxylic acids is 1. The highest BCUT2D eigenvalue weighted by Gasteiger charge is 2.34. The molecule has 3 amide bonds. The third-order valence-electron chi connectivity index (χ3n) is 2.87. The molecule has 0 aromatic carbocycles. The van der Waals surface area contributed by atoms with E-state index in [4.69, 9.17) is 9.84 Å². The molecule has 0 saturated carbocycles. The van der Waals surface area contributed by atoms with Crippen molar-refractivity contribution in [2.75, 3.05) is 26.2 Å². The molecule has 21 heavy (non-hydrogen) atoms. The molecule has 1 atom stereocenters. The van der Waals surface area contributed by atoms with Crippen LogP contribution in [0.1, 0.15) is 19.8 Å². The second-order valence-electron chi connectivity index (χ2n) is 4.43. The summed E-state index contributed by atoms with van der Waals surface area (Å²) in [5.74, 6) is -1.95. The van der Waals surface area contributed by atoms with Gasteiger partial charge in [-0.2, -0.15) is 0 Å². The molecule has 1 fully saturated rings. The van der Waals surface area contributed by atoms with Crippen LogP contribution in [0.15, 0.2) is 0 Å². The van der Waals surface area contributed by atoms with Gasteiger partial charge in [0.1, 0.15) is 12.6 Å². The minimum Gasteiger partial charge on any atom is -0.480 e. The molecule has 3 N–H and O–H groups in total. The molecule has 0 aliphatic carbocycles. The number of carbonyl (C=O) groups excluding carboxylic acids is 3. The van der Waals surface area contributed by atoms with E-state index in [9.17, 15) is 19.2 Å². The number of nitrogens with one attached hydrogen (secondary N) is 2. The lowest BCUT2D eigenvalue weighted by Gasteiger charge is -2.32. The van der Waals surface area contributed by atoms with Crippen LogP contribution < -0.4 is 10.6 Å². The lowest BCUT2D eigenvalue weighted by molar-refractivity contribution is -0.144. The fourth-order valence-corrected chi connectivity index (χ4v) is 1.84. The van der Waals surface area contributed by atoms with Crippen molar-refractivity contribution in [2.24, 2.45) is 0 Å². The van der Waals surface area contributed by atoms with E-state index in [1.165, 1.54) is 0 Å². The second kappa shape index (κ2) is 8.08. The van der Waals surface area contributed by atoms with E-state index in [1.54, 1.807) is 6.92 Å². The summed E-state index contributed by atoms with van der Waals surface area (Å²) in [5, 5.41) is 13.9. The molecule has 0 aromatic heterocycles. The fraction of sp³-hybridized carbons (Fsp3) is 0.667. The van der Waals surface area contributed by atoms with Gasteiger partial charge in [-0.3, -0.25) is 14.5 Å². The van der Waals surface area contributed by atoms with Crippen LogP contribution in [0.5, 0.6) is 0 Å². The highest BCUT2D eigenvalue weighted by Crippen LogP contribution is 2.05. The average molecular weight is 301 g/mol. The smallest absolute Gasteiger partial charge is 0.328 e. The first kappa shape index (κ1) is 16.7. The maximum absolute atomic E-state index is 11.9. The Kier molecular flexibility index (Phi) is 6.44. The van der Waals surface area contributed by atoms with Gasteiger partial charge in [-0.25, -0.2) is 9.59 Å². The molecular weight excluding hydrogens is 282 g/mol. The predicted molar refractivity (Wildman–Crippen MR) is 70.4 cm³/mol. The van der Waals surface area contributed by atoms with Crippen molar-refractivity contribution < 1.29 is 29.0 Å². The van der Waals surface area contributed by atoms with Crippen molar-refractivity contribution in [3.63, 3.8) is 0 Å². The molecule has 0 aromatic rings. The zero-order chi connectivity index (χ0) is 15.8. The third kappa shape index (κ3) is 5.28. The van der Waals surface area contributed by atoms with E-state index in [0.717, 1.165) is 4.90 Å². The maximum Gasteiger partial charge on any atom is 0.328 e. The second-order valence-corrected chi connectivity index (χ2v) is 4.43. The number of hydrogen-bond acceptors (Lipinski definition) is 5. The zero-order valence-electron chi connectivity index (χ0n) is 11.8. The molecule has 0 radical (unpaired) electrons. The van der Waals surface area contributed by atoms with Crippen LogP contribution in [0, 0.1) is 0 Å². The van der Waals surface area contributed by atoms with E-state index >= 15 is 0 Å². The molecule has 1 aliphatic heterocycles. The Morgan fingerprint density at radius 2 is 2.19 bits per heavy atom. The van der Waals surface area contributed by atoms with Crippen LogP contribution >= 0.6 is 0 Å². The normalized spacial score (nSPS) is 17.9. The minimum atomic E-state index is -1.18. The van der Waals surface area contributed by atoms with E-state index in [1.807, 2.05) is 0 Å². The number of nitrogens with zero attached hydrogens (tertiary/aromatic N) is 1. The van der Waals surface area contributed by atoms with Crippen LogP contribution in [0.2, 0.25) is 0 Å². The highest BCUT2D eigenvalue weighted by atomic mass is 16.5. The number of esters is 1. The van der Waals surface area contributed by atoms with Crippen molar-refractivity contribution in [3.05, 3.63) is 0 Å². The molecule has 1 rings (SSSR count). The SMILES string of the molecule is CCOC(=O)CCCNC(=O)N1CC(=O)NCC1C(=O)O. The summed E-state index contributed by atoms with van der Waals surface area (Å²) < 4.78 is 4.74. The molecule has 1 saturated heterocycles. The first-order chi connectivity index (χ1) is 9.95. The van der Waals surface area contributed by atoms with Crippen LogP contribution in [-0.4, -0.2) is 66.2 Å². The number of aliphatic carboxylic acids is 1. The Labute approximate surface area is 121 Å². The number of urea groups is 1. The number of hydrogen-bond donors (Lipinski definition) is 3. The van der Waals surface area contributed by atoms with E-state index < -0.39 is 23.9 Å². The van der Waals surface area contributed by atoms with Crippen LogP contribution in [0.4, 0.5) is 4.79 Å². The summed E-state index contributed by atoms with van der Waals surface area (Å²) in [5.41, 5.74) is 0. The predicted octanol–water partition coefficient (Wildman–Crippen LogP) is -1.08. The van der Waals surface area contributed by atoms with Crippen molar-refractivity contribution >= 4 is 23.9 Å². The number of rotatable bonds is 6. The first-order valence-electron chi connectivity index (χ1n) is 6.65. The summed E-state index contributed by atoms with van der Waals surface area (Å²) >= 11 is 0. The summed E-state index contributed by atoms with van der Waals surface area (Å²) in [6, 6.07) is -1.73. The third-order valence-corrected chi connectivity index (χ3v) is 2.87. The number of amides is 3. The van der Waals surface area contributed by atoms with Crippen molar-refractivity contribution in [2.45, 2.75) is 25.8 Å². The van der Waals surface area contributed by atoms with Crippen LogP contribution in [-0.2, 0) is 19.1 Å². The van der Waals surface area contributed by atoms with Gasteiger partial charge in [-0.1, -0.05) is 0 Å². The standard InChI is InChI=1S/C12H19N3O6/c1-2-21-10(17)4-3-5-13-12(20)15-7-9(16)14-6-8(15)11(18)19/h8H,2-7H2,1H3,(H,13,20)(H,14,16)(H,18,19). The number of carboxylic acid groups (broad SMARTS) is 1. The van der Waals surface area contributed by atoms with E-state index in [0.29, 0.717) is 13.0 Å². The van der Waals surface area contributed by atoms with Gasteiger partial charge in [0, 0.05) is 19.5 Å². The molecule has 118 valence electrons. The monoisotopic (exact) mass is 301 g/mol. The van der Waals surface area contributed by atoms with Crippen molar-refractivity contribution in [1.29, 1.82) is 0 Å². The number of piperazine rings is 1. The highest BCUT2D eigenvalue weighted by molar-refractivity contribution is 5.90. The Morgan fingerprint density at radius 1 is 1.48 bits per heavy atom. The Morgan fingerprint density at radius 3 is 2.81 bits per heavy atom. The van der Waals surface area contributed by atoms with Gasteiger partial charge in [-0.05, 0) is 13.3 Å². The molecular formula is C12H19N3O6. The maximum atomic E-state index is 11.9. The Hall–Kier alpha value is -2.32. The van der Waals surface area contributed by atoms with Gasteiger partial charge in [0.15, 0.2) is 0 Å². The van der Waals surface area contributed by atoms with Crippen molar-refractivity contribution in [3.8, 4) is 0 Å². The van der Waals surface area contributed by atoms with Crippen LogP contribution in [0.25, 0.3) is 0 Å².